The number of anilines is 2. The van der Waals surface area contributed by atoms with Crippen LogP contribution in [-0.2, 0) is 4.74 Å². The molecular weight excluding hydrogens is 416 g/mol. The highest BCUT2D eigenvalue weighted by Gasteiger charge is 2.21. The summed E-state index contributed by atoms with van der Waals surface area (Å²) >= 11 is 0. The minimum absolute atomic E-state index is 0.651. The van der Waals surface area contributed by atoms with Crippen molar-refractivity contribution in [1.29, 1.82) is 0 Å². The van der Waals surface area contributed by atoms with E-state index in [0.29, 0.717) is 25.0 Å². The monoisotopic (exact) mass is 442 g/mol. The molecule has 0 bridgehead atoms. The molecule has 0 saturated carbocycles. The molecule has 1 aliphatic heterocycles. The number of morpholine rings is 1. The number of benzene rings is 2. The Morgan fingerprint density at radius 1 is 1.03 bits per heavy atom. The summed E-state index contributed by atoms with van der Waals surface area (Å²) in [6.07, 6.45) is 1.80. The van der Waals surface area contributed by atoms with Gasteiger partial charge in [0.05, 0.1) is 30.6 Å². The third kappa shape index (κ3) is 4.29. The zero-order chi connectivity index (χ0) is 22.8. The zero-order valence-electron chi connectivity index (χ0n) is 19.0. The summed E-state index contributed by atoms with van der Waals surface area (Å²) < 4.78 is 11.0. The number of nitrogens with zero attached hydrogens (tertiary/aromatic N) is 5. The van der Waals surface area contributed by atoms with E-state index in [1.165, 1.54) is 5.56 Å². The van der Waals surface area contributed by atoms with Gasteiger partial charge in [-0.1, -0.05) is 47.1 Å². The molecule has 1 aliphatic rings. The largest absolute Gasteiger partial charge is 0.378 e. The van der Waals surface area contributed by atoms with Crippen LogP contribution in [0.2, 0.25) is 0 Å². The Kier molecular flexibility index (Phi) is 5.75. The van der Waals surface area contributed by atoms with Crippen molar-refractivity contribution < 1.29 is 9.26 Å². The Bertz CT molecular complexity index is 1300. The van der Waals surface area contributed by atoms with Crippen LogP contribution in [0.15, 0.2) is 52.1 Å². The van der Waals surface area contributed by atoms with Gasteiger partial charge in [-0.2, -0.15) is 10.1 Å². The average molecular weight is 443 g/mol. The molecule has 8 heteroatoms. The van der Waals surface area contributed by atoms with Crippen LogP contribution >= 0.6 is 0 Å². The number of ether oxygens (including phenoxy) is 1. The quantitative estimate of drug-likeness (QED) is 0.360. The third-order valence-electron chi connectivity index (χ3n) is 5.74. The second-order valence-corrected chi connectivity index (χ2v) is 8.16. The molecule has 1 fully saturated rings. The molecular formula is C25H26N6O2. The molecule has 2 aromatic carbocycles. The molecule has 5 rings (SSSR count). The number of para-hydroxylation sites is 1. The first kappa shape index (κ1) is 21.1. The van der Waals surface area contributed by atoms with Gasteiger partial charge in [0, 0.05) is 29.6 Å². The van der Waals surface area contributed by atoms with E-state index < -0.39 is 0 Å². The Morgan fingerprint density at radius 3 is 2.61 bits per heavy atom. The highest BCUT2D eigenvalue weighted by molar-refractivity contribution is 6.00. The summed E-state index contributed by atoms with van der Waals surface area (Å²) in [6.45, 7) is 8.72. The number of aromatic nitrogens is 3. The predicted molar refractivity (Wildman–Crippen MR) is 130 cm³/mol. The lowest BCUT2D eigenvalue weighted by molar-refractivity contribution is 0.122. The average Bonchev–Trinajstić information content (AvgIpc) is 3.17. The van der Waals surface area contributed by atoms with Gasteiger partial charge in [0.25, 0.3) is 0 Å². The van der Waals surface area contributed by atoms with E-state index in [-0.39, 0.29) is 0 Å². The molecule has 0 spiro atoms. The molecule has 1 saturated heterocycles. The summed E-state index contributed by atoms with van der Waals surface area (Å²) in [5, 5.41) is 9.50. The van der Waals surface area contributed by atoms with Crippen molar-refractivity contribution in [1.82, 2.24) is 15.1 Å². The molecule has 0 unspecified atom stereocenters. The topological polar surface area (TPSA) is 88.7 Å². The summed E-state index contributed by atoms with van der Waals surface area (Å²) in [7, 11) is 0. The predicted octanol–water partition coefficient (Wildman–Crippen LogP) is 4.49. The van der Waals surface area contributed by atoms with Gasteiger partial charge >= 0.3 is 0 Å². The molecule has 2 aromatic heterocycles. The Balaban J connectivity index is 1.61. The van der Waals surface area contributed by atoms with Gasteiger partial charge in [0.15, 0.2) is 5.82 Å². The van der Waals surface area contributed by atoms with Crippen LogP contribution in [0.25, 0.3) is 22.0 Å². The fourth-order valence-electron chi connectivity index (χ4n) is 4.12. The van der Waals surface area contributed by atoms with Gasteiger partial charge in [0.1, 0.15) is 5.76 Å². The number of fused-ring (bicyclic) bond motifs is 1. The van der Waals surface area contributed by atoms with Crippen molar-refractivity contribution in [2.24, 2.45) is 5.10 Å². The normalized spacial score (nSPS) is 14.3. The molecule has 168 valence electrons. The van der Waals surface area contributed by atoms with Gasteiger partial charge in [-0.25, -0.2) is 4.98 Å². The van der Waals surface area contributed by atoms with Crippen molar-refractivity contribution >= 4 is 28.9 Å². The highest BCUT2D eigenvalue weighted by Crippen LogP contribution is 2.35. The highest BCUT2D eigenvalue weighted by atomic mass is 16.5. The standard InChI is InChI=1S/C25H26N6O2/c1-16-6-4-7-19(14-16)15-26-29-24-21-9-5-8-20(22-17(2)30-33-18(22)3)23(21)27-25(28-24)31-10-12-32-13-11-31/h4-9,14-15H,10-13H2,1-3H3,(H,27,28,29)/b26-15+. The van der Waals surface area contributed by atoms with Crippen LogP contribution in [0.5, 0.6) is 0 Å². The molecule has 33 heavy (non-hydrogen) atoms. The fraction of sp³-hybridized carbons (Fsp3) is 0.280. The van der Waals surface area contributed by atoms with E-state index in [9.17, 15) is 0 Å². The minimum atomic E-state index is 0.651. The van der Waals surface area contributed by atoms with Crippen LogP contribution in [-0.4, -0.2) is 47.6 Å². The van der Waals surface area contributed by atoms with Crippen LogP contribution in [0.1, 0.15) is 22.6 Å². The lowest BCUT2D eigenvalue weighted by Gasteiger charge is -2.27. The van der Waals surface area contributed by atoms with Crippen molar-refractivity contribution in [2.45, 2.75) is 20.8 Å². The van der Waals surface area contributed by atoms with Crippen LogP contribution < -0.4 is 10.3 Å². The zero-order valence-corrected chi connectivity index (χ0v) is 19.0. The van der Waals surface area contributed by atoms with E-state index >= 15 is 0 Å². The van der Waals surface area contributed by atoms with Gasteiger partial charge in [0.2, 0.25) is 5.95 Å². The first-order valence-corrected chi connectivity index (χ1v) is 11.0. The van der Waals surface area contributed by atoms with E-state index in [4.69, 9.17) is 19.2 Å². The summed E-state index contributed by atoms with van der Waals surface area (Å²) in [6, 6.07) is 14.2. The molecule has 0 radical (unpaired) electrons. The fourth-order valence-corrected chi connectivity index (χ4v) is 4.12. The lowest BCUT2D eigenvalue weighted by Crippen LogP contribution is -2.37. The van der Waals surface area contributed by atoms with Gasteiger partial charge in [-0.3, -0.25) is 5.43 Å². The summed E-state index contributed by atoms with van der Waals surface area (Å²) in [5.41, 5.74) is 8.95. The van der Waals surface area contributed by atoms with Crippen molar-refractivity contribution in [2.75, 3.05) is 36.6 Å². The molecule has 3 heterocycles. The molecule has 8 nitrogen and oxygen atoms in total. The van der Waals surface area contributed by atoms with E-state index in [0.717, 1.165) is 52.1 Å². The minimum Gasteiger partial charge on any atom is -0.378 e. The SMILES string of the molecule is Cc1cccc(/C=N/Nc2nc(N3CCOCC3)nc3c(-c4c(C)noc4C)cccc23)c1. The number of hydrogen-bond donors (Lipinski definition) is 1. The van der Waals surface area contributed by atoms with Crippen molar-refractivity contribution in [3.63, 3.8) is 0 Å². The van der Waals surface area contributed by atoms with Gasteiger partial charge in [-0.05, 0) is 32.4 Å². The number of nitrogens with one attached hydrogen (secondary N) is 1. The second-order valence-electron chi connectivity index (χ2n) is 8.16. The maximum atomic E-state index is 5.52. The number of aryl methyl sites for hydroxylation is 3. The molecule has 1 N–H and O–H groups in total. The molecule has 0 atom stereocenters. The van der Waals surface area contributed by atoms with E-state index in [2.05, 4.69) is 39.6 Å². The maximum Gasteiger partial charge on any atom is 0.228 e. The molecule has 0 aliphatic carbocycles. The van der Waals surface area contributed by atoms with Crippen LogP contribution in [0.4, 0.5) is 11.8 Å². The van der Waals surface area contributed by atoms with Gasteiger partial charge in [-0.15, -0.1) is 0 Å². The Hall–Kier alpha value is -3.78. The van der Waals surface area contributed by atoms with Gasteiger partial charge < -0.3 is 14.2 Å². The smallest absolute Gasteiger partial charge is 0.228 e. The number of hydrazone groups is 1. The maximum absolute atomic E-state index is 5.52. The number of hydrogen-bond acceptors (Lipinski definition) is 8. The molecule has 0 amide bonds. The van der Waals surface area contributed by atoms with Crippen molar-refractivity contribution in [3.8, 4) is 11.1 Å². The second kappa shape index (κ2) is 8.99. The summed E-state index contributed by atoms with van der Waals surface area (Å²) in [5.74, 6) is 2.07. The third-order valence-corrected chi connectivity index (χ3v) is 5.74. The summed E-state index contributed by atoms with van der Waals surface area (Å²) in [4.78, 5) is 12.0. The Morgan fingerprint density at radius 2 is 1.85 bits per heavy atom. The number of rotatable bonds is 5. The lowest BCUT2D eigenvalue weighted by atomic mass is 10.0. The van der Waals surface area contributed by atoms with E-state index in [1.54, 1.807) is 6.21 Å². The first-order valence-electron chi connectivity index (χ1n) is 11.0. The van der Waals surface area contributed by atoms with E-state index in [1.807, 2.05) is 44.2 Å². The Labute approximate surface area is 192 Å². The van der Waals surface area contributed by atoms with Crippen LogP contribution in [0, 0.1) is 20.8 Å². The van der Waals surface area contributed by atoms with Crippen LogP contribution in [0.3, 0.4) is 0 Å². The molecule has 4 aromatic rings. The van der Waals surface area contributed by atoms with Crippen molar-refractivity contribution in [3.05, 3.63) is 65.0 Å². The first-order chi connectivity index (χ1) is 16.1.